The zero-order chi connectivity index (χ0) is 20.2. The molecule has 0 aliphatic rings. The molecule has 0 aromatic carbocycles. The van der Waals surface area contributed by atoms with Crippen molar-refractivity contribution in [1.29, 1.82) is 0 Å². The lowest BCUT2D eigenvalue weighted by Gasteiger charge is -2.09. The first kappa shape index (κ1) is 24.5. The van der Waals surface area contributed by atoms with Crippen LogP contribution < -0.4 is 0 Å². The predicted molar refractivity (Wildman–Crippen MR) is 76.1 cm³/mol. The smallest absolute Gasteiger partial charge is 0.344 e. The number of aliphatic carboxylic acids is 2. The zero-order valence-corrected chi connectivity index (χ0v) is 13.7. The Morgan fingerprint density at radius 3 is 1.64 bits per heavy atom. The van der Waals surface area contributed by atoms with Crippen LogP contribution in [0.15, 0.2) is 0 Å². The van der Waals surface area contributed by atoms with Gasteiger partial charge in [-0.1, -0.05) is 0 Å². The summed E-state index contributed by atoms with van der Waals surface area (Å²) in [5, 5.41) is 33.6. The molecule has 4 N–H and O–H groups in total. The molecule has 0 fully saturated rings. The number of carbonyl (C=O) groups is 5. The van der Waals surface area contributed by atoms with Crippen LogP contribution in [0.1, 0.15) is 20.8 Å². The minimum absolute atomic E-state index is 0.711. The first-order chi connectivity index (χ1) is 11.4. The molecule has 0 aromatic heterocycles. The van der Waals surface area contributed by atoms with Crippen LogP contribution in [0, 0.1) is 0 Å². The third-order valence-electron chi connectivity index (χ3n) is 2.01. The van der Waals surface area contributed by atoms with Crippen LogP contribution in [0.5, 0.6) is 0 Å². The highest BCUT2D eigenvalue weighted by atomic mass is 16.6. The van der Waals surface area contributed by atoms with Crippen LogP contribution in [0.3, 0.4) is 0 Å². The van der Waals surface area contributed by atoms with Gasteiger partial charge in [-0.15, -0.1) is 0 Å². The molecule has 0 heterocycles. The van der Waals surface area contributed by atoms with Gasteiger partial charge in [-0.2, -0.15) is 0 Å². The second kappa shape index (κ2) is 12.7. The fourth-order valence-electron chi connectivity index (χ4n) is 0.758. The third-order valence-corrected chi connectivity index (χ3v) is 2.01. The Labute approximate surface area is 141 Å². The van der Waals surface area contributed by atoms with Gasteiger partial charge in [0, 0.05) is 0 Å². The van der Waals surface area contributed by atoms with Gasteiger partial charge < -0.3 is 34.6 Å². The van der Waals surface area contributed by atoms with Crippen molar-refractivity contribution < 1.29 is 58.6 Å². The number of aliphatic hydroxyl groups is 2. The van der Waals surface area contributed by atoms with Gasteiger partial charge in [0.25, 0.3) is 0 Å². The molecule has 0 aliphatic heterocycles. The van der Waals surface area contributed by atoms with Gasteiger partial charge in [0.05, 0.1) is 0 Å². The summed E-state index contributed by atoms with van der Waals surface area (Å²) in [5.41, 5.74) is 0. The maximum Gasteiger partial charge on any atom is 0.344 e. The topological polar surface area (TPSA) is 194 Å². The minimum Gasteiger partial charge on any atom is -0.479 e. The molecule has 144 valence electrons. The molecule has 0 bridgehead atoms. The van der Waals surface area contributed by atoms with E-state index in [9.17, 15) is 24.0 Å². The minimum atomic E-state index is -1.33. The summed E-state index contributed by atoms with van der Waals surface area (Å²) in [4.78, 5) is 51.8. The molecule has 0 aromatic rings. The summed E-state index contributed by atoms with van der Waals surface area (Å²) in [7, 11) is 0. The molecule has 0 spiro atoms. The van der Waals surface area contributed by atoms with Gasteiger partial charge in [0.15, 0.2) is 19.3 Å². The average molecular weight is 368 g/mol. The lowest BCUT2D eigenvalue weighted by molar-refractivity contribution is -0.168. The molecule has 3 atom stereocenters. The Morgan fingerprint density at radius 2 is 1.28 bits per heavy atom. The lowest BCUT2D eigenvalue weighted by atomic mass is 10.4. The van der Waals surface area contributed by atoms with Crippen LogP contribution in [0.2, 0.25) is 0 Å². The Hall–Kier alpha value is -2.73. The molecular formula is C13H20O12. The first-order valence-corrected chi connectivity index (χ1v) is 6.71. The summed E-state index contributed by atoms with van der Waals surface area (Å²) in [6, 6.07) is 0. The number of ether oxygens (including phenoxy) is 3. The van der Waals surface area contributed by atoms with Crippen LogP contribution in [0.25, 0.3) is 0 Å². The van der Waals surface area contributed by atoms with Crippen molar-refractivity contribution in [2.75, 3.05) is 13.2 Å². The predicted octanol–water partition coefficient (Wildman–Crippen LogP) is -2.08. The Kier molecular flexibility index (Phi) is 12.4. The van der Waals surface area contributed by atoms with Gasteiger partial charge in [0.2, 0.25) is 0 Å². The number of carbonyl (C=O) groups excluding carboxylic acids is 3. The maximum atomic E-state index is 10.6. The maximum absolute atomic E-state index is 10.6. The summed E-state index contributed by atoms with van der Waals surface area (Å²) in [6.45, 7) is 2.09. The monoisotopic (exact) mass is 368 g/mol. The van der Waals surface area contributed by atoms with Crippen LogP contribution >= 0.6 is 0 Å². The van der Waals surface area contributed by atoms with Gasteiger partial charge in [-0.25, -0.2) is 24.0 Å². The number of carboxylic acids is 2. The first-order valence-electron chi connectivity index (χ1n) is 6.71. The molecular weight excluding hydrogens is 348 g/mol. The second-order valence-corrected chi connectivity index (χ2v) is 4.43. The summed E-state index contributed by atoms with van der Waals surface area (Å²) in [6.07, 6.45) is -3.82. The van der Waals surface area contributed by atoms with E-state index in [0.717, 1.165) is 0 Å². The molecule has 0 aliphatic carbocycles. The van der Waals surface area contributed by atoms with E-state index < -0.39 is 61.4 Å². The highest BCUT2D eigenvalue weighted by Gasteiger charge is 2.19. The largest absolute Gasteiger partial charge is 0.479 e. The van der Waals surface area contributed by atoms with E-state index in [4.69, 9.17) is 20.4 Å². The van der Waals surface area contributed by atoms with Crippen LogP contribution in [0.4, 0.5) is 0 Å². The molecule has 0 rings (SSSR count). The Morgan fingerprint density at radius 1 is 0.800 bits per heavy atom. The molecule has 0 amide bonds. The van der Waals surface area contributed by atoms with Crippen LogP contribution in [-0.2, 0) is 38.2 Å². The van der Waals surface area contributed by atoms with Crippen molar-refractivity contribution in [2.45, 2.75) is 39.1 Å². The molecule has 3 unspecified atom stereocenters. The van der Waals surface area contributed by atoms with E-state index in [-0.39, 0.29) is 0 Å². The highest BCUT2D eigenvalue weighted by Crippen LogP contribution is 1.94. The van der Waals surface area contributed by atoms with E-state index in [1.807, 2.05) is 0 Å². The molecule has 12 heteroatoms. The van der Waals surface area contributed by atoms with Gasteiger partial charge >= 0.3 is 29.8 Å². The SMILES string of the molecule is CC(O)C(=O)OC(C)C(=O)O.CC(O)C(=O)OCC(=O)OCC(=O)O. The Balaban J connectivity index is 0. The number of hydrogen-bond donors (Lipinski definition) is 4. The number of rotatable bonds is 8. The quantitative estimate of drug-likeness (QED) is 0.270. The number of aliphatic hydroxyl groups excluding tert-OH is 2. The summed E-state index contributed by atoms with van der Waals surface area (Å²) >= 11 is 0. The zero-order valence-electron chi connectivity index (χ0n) is 13.7. The molecule has 0 saturated heterocycles. The highest BCUT2D eigenvalue weighted by molar-refractivity contribution is 5.80. The van der Waals surface area contributed by atoms with Gasteiger partial charge in [0.1, 0.15) is 12.2 Å². The number of esters is 3. The van der Waals surface area contributed by atoms with E-state index in [1.54, 1.807) is 0 Å². The normalized spacial score (nSPS) is 13.2. The van der Waals surface area contributed by atoms with E-state index in [0.29, 0.717) is 0 Å². The number of carboxylic acid groups (broad SMARTS) is 2. The molecule has 0 saturated carbocycles. The fourth-order valence-corrected chi connectivity index (χ4v) is 0.758. The van der Waals surface area contributed by atoms with Crippen molar-refractivity contribution in [3.05, 3.63) is 0 Å². The fraction of sp³-hybridized carbons (Fsp3) is 0.615. The Bertz CT molecular complexity index is 481. The standard InChI is InChI=1S/C7H10O7.C6H10O5/c1-4(8)7(12)14-3-6(11)13-2-5(9)10;1-3(7)6(10)11-4(2)5(8)9/h4,8H,2-3H2,1H3,(H,9,10);3-4,7H,1-2H3,(H,8,9). The van der Waals surface area contributed by atoms with Crippen molar-refractivity contribution in [1.82, 2.24) is 0 Å². The second-order valence-electron chi connectivity index (χ2n) is 4.43. The third kappa shape index (κ3) is 14.6. The van der Waals surface area contributed by atoms with Crippen molar-refractivity contribution >= 4 is 29.8 Å². The van der Waals surface area contributed by atoms with Crippen molar-refractivity contribution in [3.63, 3.8) is 0 Å². The van der Waals surface area contributed by atoms with Crippen LogP contribution in [-0.4, -0.2) is 81.8 Å². The number of hydrogen-bond acceptors (Lipinski definition) is 10. The van der Waals surface area contributed by atoms with E-state index in [1.165, 1.54) is 20.8 Å². The summed E-state index contributed by atoms with van der Waals surface area (Å²) < 4.78 is 12.7. The van der Waals surface area contributed by atoms with E-state index in [2.05, 4.69) is 14.2 Å². The molecule has 0 radical (unpaired) electrons. The van der Waals surface area contributed by atoms with E-state index >= 15 is 0 Å². The van der Waals surface area contributed by atoms with Gasteiger partial charge in [-0.05, 0) is 20.8 Å². The summed E-state index contributed by atoms with van der Waals surface area (Å²) in [5.74, 6) is -5.43. The average Bonchev–Trinajstić information content (AvgIpc) is 2.50. The van der Waals surface area contributed by atoms with Crippen molar-refractivity contribution in [3.8, 4) is 0 Å². The molecule has 12 nitrogen and oxygen atoms in total. The van der Waals surface area contributed by atoms with Gasteiger partial charge in [-0.3, -0.25) is 0 Å². The molecule has 25 heavy (non-hydrogen) atoms. The van der Waals surface area contributed by atoms with Crippen molar-refractivity contribution in [2.24, 2.45) is 0 Å². The lowest BCUT2D eigenvalue weighted by Crippen LogP contribution is -2.29.